The van der Waals surface area contributed by atoms with Crippen LogP contribution in [-0.4, -0.2) is 45.0 Å². The van der Waals surface area contributed by atoms with Crippen molar-refractivity contribution in [1.29, 1.82) is 0 Å². The zero-order valence-electron chi connectivity index (χ0n) is 11.5. The van der Waals surface area contributed by atoms with Crippen LogP contribution in [0.2, 0.25) is 0 Å². The van der Waals surface area contributed by atoms with E-state index < -0.39 is 12.0 Å². The Hall–Kier alpha value is -1.57. The third-order valence-electron chi connectivity index (χ3n) is 2.83. The molecular weight excluding hydrogens is 280 g/mol. The van der Waals surface area contributed by atoms with Crippen molar-refractivity contribution in [3.05, 3.63) is 6.33 Å². The van der Waals surface area contributed by atoms with Crippen LogP contribution in [-0.2, 0) is 14.3 Å². The van der Waals surface area contributed by atoms with E-state index in [1.54, 1.807) is 20.2 Å². The highest BCUT2D eigenvalue weighted by atomic mass is 32.2. The van der Waals surface area contributed by atoms with Gasteiger partial charge in [-0.3, -0.25) is 4.79 Å². The molecule has 0 radical (unpaired) electrons. The Bertz CT molecular complexity index is 487. The van der Waals surface area contributed by atoms with Crippen LogP contribution >= 0.6 is 11.8 Å². The minimum atomic E-state index is -0.635. The average Bonchev–Trinajstić information content (AvgIpc) is 3.15. The van der Waals surface area contributed by atoms with Gasteiger partial charge in [-0.2, -0.15) is 0 Å². The molecular formula is C12H18N4O3S. The first kappa shape index (κ1) is 14.8. The summed E-state index contributed by atoms with van der Waals surface area (Å²) >= 11 is 1.32. The molecule has 8 heteroatoms. The highest BCUT2D eigenvalue weighted by Gasteiger charge is 2.26. The highest BCUT2D eigenvalue weighted by Crippen LogP contribution is 2.37. The van der Waals surface area contributed by atoms with Crippen molar-refractivity contribution in [3.8, 4) is 0 Å². The topological polar surface area (TPSA) is 86.1 Å². The van der Waals surface area contributed by atoms with E-state index in [4.69, 9.17) is 4.74 Å². The number of rotatable bonds is 7. The molecule has 1 amide bonds. The van der Waals surface area contributed by atoms with Crippen LogP contribution in [0.15, 0.2) is 11.5 Å². The standard InChI is InChI=1S/C12H18N4O3S/c1-3-19-11(18)8(2)14-10(17)6-20-12-15-13-7-16(12)9-4-5-9/h7-9H,3-6H2,1-2H3,(H,14,17). The largest absolute Gasteiger partial charge is 0.464 e. The molecule has 0 aromatic carbocycles. The van der Waals surface area contributed by atoms with Gasteiger partial charge in [0.2, 0.25) is 5.91 Å². The molecule has 1 heterocycles. The maximum absolute atomic E-state index is 11.8. The first-order valence-corrected chi connectivity index (χ1v) is 7.58. The van der Waals surface area contributed by atoms with E-state index in [9.17, 15) is 9.59 Å². The average molecular weight is 298 g/mol. The zero-order valence-corrected chi connectivity index (χ0v) is 12.4. The Morgan fingerprint density at radius 3 is 3.00 bits per heavy atom. The second kappa shape index (κ2) is 6.74. The van der Waals surface area contributed by atoms with Gasteiger partial charge in [-0.25, -0.2) is 4.79 Å². The molecule has 1 unspecified atom stereocenters. The van der Waals surface area contributed by atoms with Crippen LogP contribution in [0, 0.1) is 0 Å². The molecule has 1 N–H and O–H groups in total. The summed E-state index contributed by atoms with van der Waals surface area (Å²) in [6.07, 6.45) is 3.97. The Morgan fingerprint density at radius 1 is 1.60 bits per heavy atom. The fourth-order valence-electron chi connectivity index (χ4n) is 1.68. The van der Waals surface area contributed by atoms with Crippen LogP contribution in [0.1, 0.15) is 32.7 Å². The number of thioether (sulfide) groups is 1. The summed E-state index contributed by atoms with van der Waals surface area (Å²) in [7, 11) is 0. The van der Waals surface area contributed by atoms with E-state index in [0.717, 1.165) is 18.0 Å². The van der Waals surface area contributed by atoms with Crippen molar-refractivity contribution >= 4 is 23.6 Å². The first-order valence-electron chi connectivity index (χ1n) is 6.60. The van der Waals surface area contributed by atoms with Crippen molar-refractivity contribution in [2.24, 2.45) is 0 Å². The molecule has 110 valence electrons. The molecule has 1 aliphatic rings. The monoisotopic (exact) mass is 298 g/mol. The maximum Gasteiger partial charge on any atom is 0.328 e. The predicted molar refractivity (Wildman–Crippen MR) is 73.3 cm³/mol. The number of nitrogens with one attached hydrogen (secondary N) is 1. The summed E-state index contributed by atoms with van der Waals surface area (Å²) in [5.74, 6) is -0.442. The zero-order chi connectivity index (χ0) is 14.5. The van der Waals surface area contributed by atoms with Gasteiger partial charge < -0.3 is 14.6 Å². The Kier molecular flexibility index (Phi) is 4.99. The van der Waals surface area contributed by atoms with Gasteiger partial charge in [0, 0.05) is 6.04 Å². The summed E-state index contributed by atoms with van der Waals surface area (Å²) in [6, 6.07) is -0.154. The number of hydrogen-bond donors (Lipinski definition) is 1. The Morgan fingerprint density at radius 2 is 2.35 bits per heavy atom. The Labute approximate surface area is 121 Å². The minimum Gasteiger partial charge on any atom is -0.464 e. The van der Waals surface area contributed by atoms with Crippen LogP contribution in [0.25, 0.3) is 0 Å². The van der Waals surface area contributed by atoms with Gasteiger partial charge in [0.15, 0.2) is 5.16 Å². The molecule has 0 aliphatic heterocycles. The van der Waals surface area contributed by atoms with E-state index >= 15 is 0 Å². The fourth-order valence-corrected chi connectivity index (χ4v) is 2.47. The second-order valence-electron chi connectivity index (χ2n) is 4.58. The summed E-state index contributed by atoms with van der Waals surface area (Å²) in [4.78, 5) is 23.1. The summed E-state index contributed by atoms with van der Waals surface area (Å²) in [6.45, 7) is 3.64. The number of carbonyl (C=O) groups is 2. The summed E-state index contributed by atoms with van der Waals surface area (Å²) < 4.78 is 6.82. The van der Waals surface area contributed by atoms with Gasteiger partial charge in [-0.05, 0) is 26.7 Å². The summed E-state index contributed by atoms with van der Waals surface area (Å²) in [5, 5.41) is 11.2. The molecule has 0 bridgehead atoms. The van der Waals surface area contributed by atoms with Gasteiger partial charge in [0.25, 0.3) is 0 Å². The third-order valence-corrected chi connectivity index (χ3v) is 3.79. The molecule has 2 rings (SSSR count). The van der Waals surface area contributed by atoms with Crippen molar-refractivity contribution in [3.63, 3.8) is 0 Å². The maximum atomic E-state index is 11.8. The molecule has 7 nitrogen and oxygen atoms in total. The SMILES string of the molecule is CCOC(=O)C(C)NC(=O)CSc1nncn1C1CC1. The second-order valence-corrected chi connectivity index (χ2v) is 5.52. The van der Waals surface area contributed by atoms with E-state index in [0.29, 0.717) is 12.6 Å². The van der Waals surface area contributed by atoms with Gasteiger partial charge in [0.05, 0.1) is 12.4 Å². The van der Waals surface area contributed by atoms with Crippen LogP contribution in [0.5, 0.6) is 0 Å². The van der Waals surface area contributed by atoms with Crippen molar-refractivity contribution in [1.82, 2.24) is 20.1 Å². The van der Waals surface area contributed by atoms with Crippen molar-refractivity contribution < 1.29 is 14.3 Å². The molecule has 1 saturated carbocycles. The Balaban J connectivity index is 1.77. The van der Waals surface area contributed by atoms with Crippen LogP contribution < -0.4 is 5.32 Å². The molecule has 1 aliphatic carbocycles. The molecule has 0 spiro atoms. The number of carbonyl (C=O) groups excluding carboxylic acids is 2. The normalized spacial score (nSPS) is 15.7. The van der Waals surface area contributed by atoms with E-state index in [1.807, 2.05) is 4.57 Å². The van der Waals surface area contributed by atoms with Crippen molar-refractivity contribution in [2.45, 2.75) is 43.9 Å². The van der Waals surface area contributed by atoms with E-state index in [1.165, 1.54) is 11.8 Å². The molecule has 0 saturated heterocycles. The van der Waals surface area contributed by atoms with Crippen molar-refractivity contribution in [2.75, 3.05) is 12.4 Å². The fraction of sp³-hybridized carbons (Fsp3) is 0.667. The lowest BCUT2D eigenvalue weighted by Gasteiger charge is -2.12. The van der Waals surface area contributed by atoms with E-state index in [2.05, 4.69) is 15.5 Å². The number of amides is 1. The number of aromatic nitrogens is 3. The molecule has 1 aromatic heterocycles. The lowest BCUT2D eigenvalue weighted by molar-refractivity contribution is -0.146. The lowest BCUT2D eigenvalue weighted by atomic mass is 10.3. The van der Waals surface area contributed by atoms with Gasteiger partial charge >= 0.3 is 5.97 Å². The number of hydrogen-bond acceptors (Lipinski definition) is 6. The smallest absolute Gasteiger partial charge is 0.328 e. The van der Waals surface area contributed by atoms with E-state index in [-0.39, 0.29) is 11.7 Å². The van der Waals surface area contributed by atoms with Gasteiger partial charge in [-0.15, -0.1) is 10.2 Å². The predicted octanol–water partition coefficient (Wildman–Crippen LogP) is 0.773. The molecule has 1 atom stereocenters. The molecule has 1 fully saturated rings. The minimum absolute atomic E-state index is 0.204. The van der Waals surface area contributed by atoms with Gasteiger partial charge in [-0.1, -0.05) is 11.8 Å². The molecule has 1 aromatic rings. The number of ether oxygens (including phenoxy) is 1. The van der Waals surface area contributed by atoms with Crippen LogP contribution in [0.4, 0.5) is 0 Å². The van der Waals surface area contributed by atoms with Gasteiger partial charge in [0.1, 0.15) is 12.4 Å². The quantitative estimate of drug-likeness (QED) is 0.591. The highest BCUT2D eigenvalue weighted by molar-refractivity contribution is 7.99. The first-order chi connectivity index (χ1) is 9.61. The number of nitrogens with zero attached hydrogens (tertiary/aromatic N) is 3. The lowest BCUT2D eigenvalue weighted by Crippen LogP contribution is -2.40. The number of esters is 1. The summed E-state index contributed by atoms with van der Waals surface area (Å²) in [5.41, 5.74) is 0. The molecule has 20 heavy (non-hydrogen) atoms. The van der Waals surface area contributed by atoms with Crippen LogP contribution in [0.3, 0.4) is 0 Å². The third kappa shape index (κ3) is 3.96.